The van der Waals surface area contributed by atoms with E-state index in [1.165, 1.54) is 0 Å². The largest absolute Gasteiger partial charge is 0.443 e. The van der Waals surface area contributed by atoms with Gasteiger partial charge in [-0.1, -0.05) is 26.0 Å². The summed E-state index contributed by atoms with van der Waals surface area (Å²) < 4.78 is 9.92. The zero-order valence-electron chi connectivity index (χ0n) is 9.51. The van der Waals surface area contributed by atoms with Gasteiger partial charge in [-0.25, -0.2) is 9.59 Å². The van der Waals surface area contributed by atoms with Crippen molar-refractivity contribution >= 4 is 11.9 Å². The van der Waals surface area contributed by atoms with E-state index in [4.69, 9.17) is 9.47 Å². The van der Waals surface area contributed by atoms with Gasteiger partial charge in [0, 0.05) is 0 Å². The van der Waals surface area contributed by atoms with Gasteiger partial charge in [0.1, 0.15) is 0 Å². The van der Waals surface area contributed by atoms with Crippen LogP contribution >= 0.6 is 0 Å². The fourth-order valence-electron chi connectivity index (χ4n) is 1.24. The lowest BCUT2D eigenvalue weighted by molar-refractivity contribution is -0.187. The first-order valence-corrected chi connectivity index (χ1v) is 5.43. The molecule has 1 heterocycles. The molecule has 0 aromatic heterocycles. The van der Waals surface area contributed by atoms with Crippen molar-refractivity contribution < 1.29 is 19.1 Å². The van der Waals surface area contributed by atoms with Crippen LogP contribution in [0.25, 0.3) is 0 Å². The van der Waals surface area contributed by atoms with Crippen LogP contribution < -0.4 is 0 Å². The molecule has 0 aromatic rings. The number of carbonyl (C=O) groups is 2. The number of carbonyl (C=O) groups excluding carboxylic acids is 2. The highest BCUT2D eigenvalue weighted by Crippen LogP contribution is 2.13. The third-order valence-electron chi connectivity index (χ3n) is 2.04. The quantitative estimate of drug-likeness (QED) is 0.539. The Morgan fingerprint density at radius 3 is 1.62 bits per heavy atom. The molecule has 4 heteroatoms. The van der Waals surface area contributed by atoms with E-state index in [-0.39, 0.29) is 0 Å². The highest BCUT2D eigenvalue weighted by Gasteiger charge is 2.35. The Morgan fingerprint density at radius 1 is 0.938 bits per heavy atom. The zero-order valence-corrected chi connectivity index (χ0v) is 9.51. The number of allylic oxidation sites excluding steroid dienone is 2. The highest BCUT2D eigenvalue weighted by molar-refractivity contribution is 5.89. The molecule has 16 heavy (non-hydrogen) atoms. The summed E-state index contributed by atoms with van der Waals surface area (Å²) in [5.74, 6) is -1.04. The normalized spacial score (nSPS) is 26.1. The number of ether oxygens (including phenoxy) is 2. The number of esters is 2. The number of hydrogen-bond donors (Lipinski definition) is 0. The van der Waals surface area contributed by atoms with Crippen molar-refractivity contribution in [2.45, 2.75) is 38.9 Å². The molecule has 88 valence electrons. The molecule has 0 N–H and O–H groups in total. The van der Waals surface area contributed by atoms with Gasteiger partial charge in [-0.2, -0.15) is 0 Å². The van der Waals surface area contributed by atoms with Gasteiger partial charge < -0.3 is 9.47 Å². The average molecular weight is 224 g/mol. The maximum Gasteiger partial charge on any atom is 0.352 e. The maximum atomic E-state index is 11.4. The predicted molar refractivity (Wildman–Crippen MR) is 58.6 cm³/mol. The van der Waals surface area contributed by atoms with E-state index in [1.54, 1.807) is 24.3 Å². The Hall–Kier alpha value is -1.58. The molecule has 0 bridgehead atoms. The van der Waals surface area contributed by atoms with Gasteiger partial charge in [0.15, 0.2) is 0 Å². The predicted octanol–water partition coefficient (Wildman–Crippen LogP) is 1.76. The van der Waals surface area contributed by atoms with E-state index in [0.717, 1.165) is 12.8 Å². The summed E-state index contributed by atoms with van der Waals surface area (Å²) in [7, 11) is 0. The van der Waals surface area contributed by atoms with Crippen LogP contribution in [0.1, 0.15) is 26.7 Å². The summed E-state index contributed by atoms with van der Waals surface area (Å²) in [4.78, 5) is 22.9. The lowest BCUT2D eigenvalue weighted by Crippen LogP contribution is -2.42. The van der Waals surface area contributed by atoms with Gasteiger partial charge >= 0.3 is 11.9 Å². The van der Waals surface area contributed by atoms with Crippen molar-refractivity contribution in [3.05, 3.63) is 24.3 Å². The molecule has 1 saturated heterocycles. The molecule has 0 aromatic carbocycles. The van der Waals surface area contributed by atoms with E-state index in [2.05, 4.69) is 0 Å². The van der Waals surface area contributed by atoms with Crippen molar-refractivity contribution in [1.82, 2.24) is 0 Å². The van der Waals surface area contributed by atoms with Crippen LogP contribution in [-0.4, -0.2) is 24.1 Å². The second-order valence-corrected chi connectivity index (χ2v) is 3.39. The van der Waals surface area contributed by atoms with Crippen LogP contribution in [0.4, 0.5) is 0 Å². The van der Waals surface area contributed by atoms with E-state index < -0.39 is 24.1 Å². The number of cyclic esters (lactones) is 2. The standard InChI is InChI=1S/C12H16O4/c1-3-5-7-9-11(13)16-10(8-6-4-2)12(14)15-9/h5-10H,3-4H2,1-2H3. The van der Waals surface area contributed by atoms with Crippen LogP contribution in [0, 0.1) is 0 Å². The minimum absolute atomic E-state index is 0.518. The summed E-state index contributed by atoms with van der Waals surface area (Å²) in [5.41, 5.74) is 0. The van der Waals surface area contributed by atoms with Gasteiger partial charge in [-0.3, -0.25) is 0 Å². The molecular weight excluding hydrogens is 208 g/mol. The first kappa shape index (κ1) is 12.5. The van der Waals surface area contributed by atoms with Crippen molar-refractivity contribution in [3.8, 4) is 0 Å². The molecule has 1 rings (SSSR count). The fourth-order valence-corrected chi connectivity index (χ4v) is 1.24. The van der Waals surface area contributed by atoms with E-state index in [9.17, 15) is 9.59 Å². The molecule has 0 spiro atoms. The highest BCUT2D eigenvalue weighted by atomic mass is 16.6. The monoisotopic (exact) mass is 224 g/mol. The Morgan fingerprint density at radius 2 is 1.31 bits per heavy atom. The molecule has 4 nitrogen and oxygen atoms in total. The molecule has 0 saturated carbocycles. The molecule has 1 fully saturated rings. The number of hydrogen-bond acceptors (Lipinski definition) is 4. The molecule has 1 aliphatic heterocycles. The van der Waals surface area contributed by atoms with Gasteiger partial charge in [0.05, 0.1) is 0 Å². The molecule has 0 aliphatic carbocycles. The molecule has 0 radical (unpaired) electrons. The van der Waals surface area contributed by atoms with E-state index >= 15 is 0 Å². The van der Waals surface area contributed by atoms with Crippen LogP contribution in [0.3, 0.4) is 0 Å². The molecule has 2 atom stereocenters. The Balaban J connectivity index is 2.63. The van der Waals surface area contributed by atoms with Crippen LogP contribution in [-0.2, 0) is 19.1 Å². The van der Waals surface area contributed by atoms with Crippen molar-refractivity contribution in [2.75, 3.05) is 0 Å². The zero-order chi connectivity index (χ0) is 12.0. The second kappa shape index (κ2) is 6.10. The summed E-state index contributed by atoms with van der Waals surface area (Å²) in [6.45, 7) is 3.86. The summed E-state index contributed by atoms with van der Waals surface area (Å²) in [6.07, 6.45) is 6.39. The Kier molecular flexibility index (Phi) is 4.76. The van der Waals surface area contributed by atoms with E-state index in [0.29, 0.717) is 0 Å². The minimum Gasteiger partial charge on any atom is -0.443 e. The molecule has 1 aliphatic rings. The molecule has 0 amide bonds. The van der Waals surface area contributed by atoms with Crippen LogP contribution in [0.5, 0.6) is 0 Å². The van der Waals surface area contributed by atoms with Gasteiger partial charge in [0.2, 0.25) is 12.2 Å². The Bertz CT molecular complexity index is 285. The topological polar surface area (TPSA) is 52.6 Å². The van der Waals surface area contributed by atoms with Gasteiger partial charge in [-0.15, -0.1) is 0 Å². The Labute approximate surface area is 94.9 Å². The van der Waals surface area contributed by atoms with Crippen LogP contribution in [0.2, 0.25) is 0 Å². The lowest BCUT2D eigenvalue weighted by atomic mass is 10.2. The number of rotatable bonds is 4. The smallest absolute Gasteiger partial charge is 0.352 e. The SMILES string of the molecule is CCC=CC1OC(=O)C(C=CCC)OC1=O. The molecular formula is C12H16O4. The first-order chi connectivity index (χ1) is 7.69. The summed E-state index contributed by atoms with van der Waals surface area (Å²) in [6, 6.07) is 0. The van der Waals surface area contributed by atoms with Crippen molar-refractivity contribution in [3.63, 3.8) is 0 Å². The summed E-state index contributed by atoms with van der Waals surface area (Å²) >= 11 is 0. The average Bonchev–Trinajstić information content (AvgIpc) is 2.28. The minimum atomic E-state index is -0.890. The second-order valence-electron chi connectivity index (χ2n) is 3.39. The molecule has 2 unspecified atom stereocenters. The maximum absolute atomic E-state index is 11.4. The summed E-state index contributed by atoms with van der Waals surface area (Å²) in [5, 5.41) is 0. The van der Waals surface area contributed by atoms with Crippen molar-refractivity contribution in [2.24, 2.45) is 0 Å². The fraction of sp³-hybridized carbons (Fsp3) is 0.500. The third-order valence-corrected chi connectivity index (χ3v) is 2.04. The lowest BCUT2D eigenvalue weighted by Gasteiger charge is -2.23. The first-order valence-electron chi connectivity index (χ1n) is 5.43. The third kappa shape index (κ3) is 3.22. The van der Waals surface area contributed by atoms with Crippen LogP contribution in [0.15, 0.2) is 24.3 Å². The van der Waals surface area contributed by atoms with Gasteiger partial charge in [-0.05, 0) is 25.0 Å². The van der Waals surface area contributed by atoms with E-state index in [1.807, 2.05) is 13.8 Å². The van der Waals surface area contributed by atoms with Gasteiger partial charge in [0.25, 0.3) is 0 Å². The van der Waals surface area contributed by atoms with Crippen molar-refractivity contribution in [1.29, 1.82) is 0 Å².